The number of guanidine groups is 1. The molecule has 0 unspecified atom stereocenters. The van der Waals surface area contributed by atoms with Crippen LogP contribution in [0, 0.1) is 5.82 Å². The summed E-state index contributed by atoms with van der Waals surface area (Å²) in [5, 5.41) is 7.03. The monoisotopic (exact) mass is 392 g/mol. The molecule has 29 heavy (non-hydrogen) atoms. The second-order valence-corrected chi connectivity index (χ2v) is 7.48. The Hall–Kier alpha value is -3.48. The SMILES string of the molecule is CN1C(=O)CNC1=Nc1cc(C(C)(C)c2ccc(-c3ccccc3)c(F)c2)no1. The van der Waals surface area contributed by atoms with E-state index in [4.69, 9.17) is 4.52 Å². The molecule has 1 aliphatic heterocycles. The Balaban J connectivity index is 1.62. The lowest BCUT2D eigenvalue weighted by molar-refractivity contribution is -0.123. The number of amides is 1. The quantitative estimate of drug-likeness (QED) is 0.732. The number of benzene rings is 2. The van der Waals surface area contributed by atoms with Crippen LogP contribution in [0.1, 0.15) is 25.1 Å². The molecule has 0 radical (unpaired) electrons. The highest BCUT2D eigenvalue weighted by Gasteiger charge is 2.29. The van der Waals surface area contributed by atoms with E-state index in [2.05, 4.69) is 15.5 Å². The van der Waals surface area contributed by atoms with E-state index < -0.39 is 5.41 Å². The van der Waals surface area contributed by atoms with Crippen LogP contribution < -0.4 is 5.32 Å². The lowest BCUT2D eigenvalue weighted by atomic mass is 9.81. The highest BCUT2D eigenvalue weighted by molar-refractivity contribution is 6.04. The minimum Gasteiger partial charge on any atom is -0.346 e. The number of aromatic nitrogens is 1. The first kappa shape index (κ1) is 18.9. The number of hydrogen-bond acceptors (Lipinski definition) is 4. The summed E-state index contributed by atoms with van der Waals surface area (Å²) >= 11 is 0. The molecule has 0 spiro atoms. The van der Waals surface area contributed by atoms with Gasteiger partial charge in [-0.25, -0.2) is 4.39 Å². The molecule has 148 valence electrons. The molecule has 7 heteroatoms. The molecule has 2 aromatic carbocycles. The summed E-state index contributed by atoms with van der Waals surface area (Å²) in [5.41, 5.74) is 2.18. The van der Waals surface area contributed by atoms with Gasteiger partial charge in [0, 0.05) is 24.1 Å². The van der Waals surface area contributed by atoms with Gasteiger partial charge >= 0.3 is 0 Å². The van der Waals surface area contributed by atoms with E-state index in [0.717, 1.165) is 11.1 Å². The predicted molar refractivity (Wildman–Crippen MR) is 108 cm³/mol. The molecule has 1 aromatic heterocycles. The normalized spacial score (nSPS) is 15.8. The first-order valence-corrected chi connectivity index (χ1v) is 9.28. The topological polar surface area (TPSA) is 70.7 Å². The molecule has 3 aromatic rings. The average Bonchev–Trinajstić information content (AvgIpc) is 3.31. The largest absolute Gasteiger partial charge is 0.346 e. The van der Waals surface area contributed by atoms with Gasteiger partial charge in [0.1, 0.15) is 5.82 Å². The standard InChI is InChI=1S/C22H21FN4O2/c1-22(2,15-9-10-16(17(23)11-15)14-7-5-4-6-8-14)18-12-19(29-26-18)25-21-24-13-20(28)27(21)3/h4-12H,13H2,1-3H3,(H,24,25). The summed E-state index contributed by atoms with van der Waals surface area (Å²) in [7, 11) is 1.64. The van der Waals surface area contributed by atoms with Crippen molar-refractivity contribution in [3.05, 3.63) is 71.7 Å². The molecule has 1 aliphatic rings. The summed E-state index contributed by atoms with van der Waals surface area (Å²) in [4.78, 5) is 17.3. The van der Waals surface area contributed by atoms with Crippen molar-refractivity contribution in [3.63, 3.8) is 0 Å². The number of carbonyl (C=O) groups excluding carboxylic acids is 1. The zero-order chi connectivity index (χ0) is 20.6. The van der Waals surface area contributed by atoms with E-state index in [1.54, 1.807) is 19.2 Å². The van der Waals surface area contributed by atoms with Crippen LogP contribution in [0.2, 0.25) is 0 Å². The molecule has 1 saturated heterocycles. The first-order valence-electron chi connectivity index (χ1n) is 9.28. The molecular weight excluding hydrogens is 371 g/mol. The van der Waals surface area contributed by atoms with Gasteiger partial charge in [-0.15, -0.1) is 0 Å². The first-order chi connectivity index (χ1) is 13.9. The van der Waals surface area contributed by atoms with Gasteiger partial charge in [-0.2, -0.15) is 4.99 Å². The van der Waals surface area contributed by atoms with E-state index in [-0.39, 0.29) is 24.2 Å². The highest BCUT2D eigenvalue weighted by atomic mass is 19.1. The van der Waals surface area contributed by atoms with Gasteiger partial charge in [-0.05, 0) is 17.2 Å². The Kier molecular flexibility index (Phi) is 4.66. The number of aliphatic imine (C=N–C) groups is 1. The fraction of sp³-hybridized carbons (Fsp3) is 0.227. The van der Waals surface area contributed by atoms with Crippen molar-refractivity contribution in [3.8, 4) is 11.1 Å². The van der Waals surface area contributed by atoms with Crippen LogP contribution in [0.4, 0.5) is 10.3 Å². The van der Waals surface area contributed by atoms with E-state index in [9.17, 15) is 9.18 Å². The Morgan fingerprint density at radius 1 is 1.17 bits per heavy atom. The zero-order valence-electron chi connectivity index (χ0n) is 16.4. The van der Waals surface area contributed by atoms with Crippen molar-refractivity contribution in [1.29, 1.82) is 0 Å². The minimum atomic E-state index is -0.594. The summed E-state index contributed by atoms with van der Waals surface area (Å²) in [5.74, 6) is 0.325. The number of likely N-dealkylation sites (N-methyl/N-ethyl adjacent to an activating group) is 1. The molecule has 0 atom stereocenters. The lowest BCUT2D eigenvalue weighted by Gasteiger charge is -2.23. The number of nitrogens with zero attached hydrogens (tertiary/aromatic N) is 3. The van der Waals surface area contributed by atoms with Gasteiger partial charge in [0.2, 0.25) is 11.9 Å². The number of rotatable bonds is 4. The van der Waals surface area contributed by atoms with Crippen molar-refractivity contribution in [2.24, 2.45) is 4.99 Å². The number of nitrogens with one attached hydrogen (secondary N) is 1. The molecule has 1 fully saturated rings. The highest BCUT2D eigenvalue weighted by Crippen LogP contribution is 2.35. The Morgan fingerprint density at radius 2 is 1.93 bits per heavy atom. The van der Waals surface area contributed by atoms with E-state index in [1.165, 1.54) is 11.0 Å². The minimum absolute atomic E-state index is 0.0715. The molecule has 0 saturated carbocycles. The second-order valence-electron chi connectivity index (χ2n) is 7.48. The third kappa shape index (κ3) is 3.51. The molecular formula is C22H21FN4O2. The van der Waals surface area contributed by atoms with Crippen LogP contribution in [0.3, 0.4) is 0 Å². The maximum atomic E-state index is 14.8. The molecule has 0 bridgehead atoms. The summed E-state index contributed by atoms with van der Waals surface area (Å²) < 4.78 is 20.2. The average molecular weight is 392 g/mol. The van der Waals surface area contributed by atoms with Crippen LogP contribution in [0.5, 0.6) is 0 Å². The van der Waals surface area contributed by atoms with E-state index in [1.807, 2.05) is 50.2 Å². The van der Waals surface area contributed by atoms with Gasteiger partial charge in [0.25, 0.3) is 5.88 Å². The van der Waals surface area contributed by atoms with Gasteiger partial charge in [-0.1, -0.05) is 61.5 Å². The predicted octanol–water partition coefficient (Wildman–Crippen LogP) is 3.86. The fourth-order valence-corrected chi connectivity index (χ4v) is 3.25. The van der Waals surface area contributed by atoms with Crippen LogP contribution in [0.25, 0.3) is 11.1 Å². The Bertz CT molecular complexity index is 1090. The number of carbonyl (C=O) groups is 1. The molecule has 4 rings (SSSR count). The van der Waals surface area contributed by atoms with Crippen molar-refractivity contribution >= 4 is 17.8 Å². The van der Waals surface area contributed by atoms with Gasteiger partial charge < -0.3 is 9.84 Å². The van der Waals surface area contributed by atoms with Crippen LogP contribution >= 0.6 is 0 Å². The molecule has 6 nitrogen and oxygen atoms in total. The summed E-state index contributed by atoms with van der Waals surface area (Å²) in [6.45, 7) is 4.10. The number of halogens is 1. The fourth-order valence-electron chi connectivity index (χ4n) is 3.25. The second kappa shape index (κ2) is 7.16. The van der Waals surface area contributed by atoms with E-state index >= 15 is 0 Å². The van der Waals surface area contributed by atoms with E-state index in [0.29, 0.717) is 17.2 Å². The molecule has 2 heterocycles. The lowest BCUT2D eigenvalue weighted by Crippen LogP contribution is -2.27. The number of hydrogen-bond donors (Lipinski definition) is 1. The van der Waals surface area contributed by atoms with Gasteiger partial charge in [0.05, 0.1) is 12.2 Å². The van der Waals surface area contributed by atoms with Crippen molar-refractivity contribution < 1.29 is 13.7 Å². The van der Waals surface area contributed by atoms with Crippen LogP contribution in [-0.2, 0) is 10.2 Å². The Labute approximate surface area is 168 Å². The maximum absolute atomic E-state index is 14.8. The van der Waals surface area contributed by atoms with Crippen molar-refractivity contribution in [2.45, 2.75) is 19.3 Å². The third-order valence-corrected chi connectivity index (χ3v) is 5.22. The van der Waals surface area contributed by atoms with Crippen LogP contribution in [0.15, 0.2) is 64.1 Å². The van der Waals surface area contributed by atoms with Crippen molar-refractivity contribution in [1.82, 2.24) is 15.4 Å². The molecule has 1 amide bonds. The summed E-state index contributed by atoms with van der Waals surface area (Å²) in [6, 6.07) is 16.4. The van der Waals surface area contributed by atoms with Crippen LogP contribution in [-0.4, -0.2) is 35.5 Å². The molecule has 0 aliphatic carbocycles. The van der Waals surface area contributed by atoms with Gasteiger partial charge in [0.15, 0.2) is 0 Å². The maximum Gasteiger partial charge on any atom is 0.253 e. The Morgan fingerprint density at radius 3 is 2.59 bits per heavy atom. The molecule has 1 N–H and O–H groups in total. The third-order valence-electron chi connectivity index (χ3n) is 5.22. The zero-order valence-corrected chi connectivity index (χ0v) is 16.4. The van der Waals surface area contributed by atoms with Gasteiger partial charge in [-0.3, -0.25) is 9.69 Å². The van der Waals surface area contributed by atoms with Crippen molar-refractivity contribution in [2.75, 3.05) is 13.6 Å². The summed E-state index contributed by atoms with van der Waals surface area (Å²) in [6.07, 6.45) is 0. The smallest absolute Gasteiger partial charge is 0.253 e.